The highest BCUT2D eigenvalue weighted by Crippen LogP contribution is 2.15. The van der Waals surface area contributed by atoms with Gasteiger partial charge in [-0.25, -0.2) is 0 Å². The number of ether oxygens (including phenoxy) is 1. The van der Waals surface area contributed by atoms with E-state index in [0.29, 0.717) is 19.7 Å². The Balaban J connectivity index is 2.07. The zero-order valence-electron chi connectivity index (χ0n) is 13.5. The Hall–Kier alpha value is -2.29. The Kier molecular flexibility index (Phi) is 5.59. The summed E-state index contributed by atoms with van der Waals surface area (Å²) in [5.41, 5.74) is 3.00. The molecule has 22 heavy (non-hydrogen) atoms. The van der Waals surface area contributed by atoms with Gasteiger partial charge in [-0.15, -0.1) is 0 Å². The molecule has 3 nitrogen and oxygen atoms in total. The zero-order chi connectivity index (χ0) is 15.9. The largest absolute Gasteiger partial charge is 0.494 e. The number of benzene rings is 2. The van der Waals surface area contributed by atoms with Crippen LogP contribution in [0.3, 0.4) is 0 Å². The van der Waals surface area contributed by atoms with Crippen LogP contribution in [0.5, 0.6) is 5.75 Å². The predicted octanol–water partition coefficient (Wildman–Crippen LogP) is 4.06. The van der Waals surface area contributed by atoms with Crippen LogP contribution in [0, 0.1) is 6.92 Å². The summed E-state index contributed by atoms with van der Waals surface area (Å²) in [5.74, 6) is 0.926. The van der Waals surface area contributed by atoms with E-state index < -0.39 is 0 Å². The SMILES string of the molecule is CCOc1ccc(CN(CC)C(=O)c2ccc(C)cc2)cc1. The number of hydrogen-bond acceptors (Lipinski definition) is 2. The molecule has 0 spiro atoms. The highest BCUT2D eigenvalue weighted by Gasteiger charge is 2.14. The lowest BCUT2D eigenvalue weighted by Gasteiger charge is -2.21. The van der Waals surface area contributed by atoms with Crippen molar-refractivity contribution in [1.29, 1.82) is 0 Å². The maximum atomic E-state index is 12.6. The molecular formula is C19H23NO2. The van der Waals surface area contributed by atoms with Crippen LogP contribution < -0.4 is 4.74 Å². The second kappa shape index (κ2) is 7.64. The molecule has 0 heterocycles. The van der Waals surface area contributed by atoms with E-state index in [-0.39, 0.29) is 5.91 Å². The molecule has 0 saturated heterocycles. The van der Waals surface area contributed by atoms with Crippen molar-refractivity contribution in [2.24, 2.45) is 0 Å². The molecule has 0 aromatic heterocycles. The van der Waals surface area contributed by atoms with Crippen molar-refractivity contribution in [3.63, 3.8) is 0 Å². The van der Waals surface area contributed by atoms with Crippen molar-refractivity contribution >= 4 is 5.91 Å². The predicted molar refractivity (Wildman–Crippen MR) is 89.2 cm³/mol. The molecule has 0 fully saturated rings. The van der Waals surface area contributed by atoms with Crippen molar-refractivity contribution in [2.75, 3.05) is 13.2 Å². The van der Waals surface area contributed by atoms with Crippen LogP contribution in [0.1, 0.15) is 35.3 Å². The summed E-state index contributed by atoms with van der Waals surface area (Å²) in [7, 11) is 0. The van der Waals surface area contributed by atoms with E-state index in [0.717, 1.165) is 22.4 Å². The number of carbonyl (C=O) groups excluding carboxylic acids is 1. The van der Waals surface area contributed by atoms with Crippen molar-refractivity contribution in [2.45, 2.75) is 27.3 Å². The average molecular weight is 297 g/mol. The number of hydrogen-bond donors (Lipinski definition) is 0. The van der Waals surface area contributed by atoms with E-state index in [2.05, 4.69) is 0 Å². The van der Waals surface area contributed by atoms with Crippen LogP contribution in [-0.2, 0) is 6.54 Å². The Morgan fingerprint density at radius 1 is 1.00 bits per heavy atom. The van der Waals surface area contributed by atoms with Gasteiger partial charge in [0.1, 0.15) is 5.75 Å². The van der Waals surface area contributed by atoms with Crippen molar-refractivity contribution < 1.29 is 9.53 Å². The molecule has 0 atom stereocenters. The molecule has 0 N–H and O–H groups in total. The molecule has 2 aromatic rings. The first kappa shape index (κ1) is 16.1. The summed E-state index contributed by atoms with van der Waals surface area (Å²) in [4.78, 5) is 14.4. The molecule has 0 unspecified atom stereocenters. The highest BCUT2D eigenvalue weighted by molar-refractivity contribution is 5.94. The molecule has 0 aliphatic heterocycles. The third kappa shape index (κ3) is 4.10. The monoisotopic (exact) mass is 297 g/mol. The molecular weight excluding hydrogens is 274 g/mol. The van der Waals surface area contributed by atoms with E-state index >= 15 is 0 Å². The molecule has 1 amide bonds. The third-order valence-electron chi connectivity index (χ3n) is 3.58. The molecule has 2 aromatic carbocycles. The Bertz CT molecular complexity index is 602. The van der Waals surface area contributed by atoms with Gasteiger partial charge < -0.3 is 9.64 Å². The highest BCUT2D eigenvalue weighted by atomic mass is 16.5. The Labute approximate surface area is 132 Å². The summed E-state index contributed by atoms with van der Waals surface area (Å²) in [6.07, 6.45) is 0. The fourth-order valence-electron chi connectivity index (χ4n) is 2.28. The minimum Gasteiger partial charge on any atom is -0.494 e. The van der Waals surface area contributed by atoms with E-state index in [9.17, 15) is 4.79 Å². The minimum atomic E-state index is 0.0661. The summed E-state index contributed by atoms with van der Waals surface area (Å²) < 4.78 is 5.44. The zero-order valence-corrected chi connectivity index (χ0v) is 13.5. The first-order valence-corrected chi connectivity index (χ1v) is 7.71. The number of carbonyl (C=O) groups is 1. The van der Waals surface area contributed by atoms with Crippen LogP contribution in [-0.4, -0.2) is 24.0 Å². The molecule has 0 radical (unpaired) electrons. The van der Waals surface area contributed by atoms with Crippen LogP contribution in [0.25, 0.3) is 0 Å². The number of amides is 1. The van der Waals surface area contributed by atoms with Gasteiger partial charge in [-0.1, -0.05) is 29.8 Å². The molecule has 2 rings (SSSR count). The fourth-order valence-corrected chi connectivity index (χ4v) is 2.28. The summed E-state index contributed by atoms with van der Waals surface area (Å²) >= 11 is 0. The summed E-state index contributed by atoms with van der Waals surface area (Å²) in [6, 6.07) is 15.6. The van der Waals surface area contributed by atoms with Crippen LogP contribution in [0.15, 0.2) is 48.5 Å². The normalized spacial score (nSPS) is 10.3. The second-order valence-electron chi connectivity index (χ2n) is 5.26. The Morgan fingerprint density at radius 2 is 1.64 bits per heavy atom. The van der Waals surface area contributed by atoms with Gasteiger partial charge in [0, 0.05) is 18.7 Å². The average Bonchev–Trinajstić information content (AvgIpc) is 2.54. The lowest BCUT2D eigenvalue weighted by molar-refractivity contribution is 0.0752. The maximum absolute atomic E-state index is 12.6. The van der Waals surface area contributed by atoms with Crippen LogP contribution >= 0.6 is 0 Å². The van der Waals surface area contributed by atoms with Gasteiger partial charge in [-0.2, -0.15) is 0 Å². The van der Waals surface area contributed by atoms with Gasteiger partial charge in [0.2, 0.25) is 0 Å². The molecule has 0 bridgehead atoms. The standard InChI is InChI=1S/C19H23NO2/c1-4-20(19(21)17-10-6-15(3)7-11-17)14-16-8-12-18(13-9-16)22-5-2/h6-13H,4-5,14H2,1-3H3. The van der Waals surface area contributed by atoms with E-state index in [4.69, 9.17) is 4.74 Å². The Morgan fingerprint density at radius 3 is 2.18 bits per heavy atom. The number of aryl methyl sites for hydroxylation is 1. The van der Waals surface area contributed by atoms with Gasteiger partial charge in [0.25, 0.3) is 5.91 Å². The first-order chi connectivity index (χ1) is 10.6. The van der Waals surface area contributed by atoms with Crippen LogP contribution in [0.4, 0.5) is 0 Å². The van der Waals surface area contributed by atoms with E-state index in [1.165, 1.54) is 0 Å². The third-order valence-corrected chi connectivity index (χ3v) is 3.58. The molecule has 3 heteroatoms. The quantitative estimate of drug-likeness (QED) is 0.805. The van der Waals surface area contributed by atoms with Gasteiger partial charge in [0.15, 0.2) is 0 Å². The van der Waals surface area contributed by atoms with Crippen molar-refractivity contribution in [1.82, 2.24) is 4.90 Å². The number of rotatable bonds is 6. The molecule has 116 valence electrons. The van der Waals surface area contributed by atoms with Gasteiger partial charge in [-0.05, 0) is 50.6 Å². The van der Waals surface area contributed by atoms with Gasteiger partial charge in [-0.3, -0.25) is 4.79 Å². The van der Waals surface area contributed by atoms with Gasteiger partial charge >= 0.3 is 0 Å². The first-order valence-electron chi connectivity index (χ1n) is 7.71. The molecule has 0 aliphatic carbocycles. The molecule has 0 aliphatic rings. The van der Waals surface area contributed by atoms with Crippen molar-refractivity contribution in [3.05, 3.63) is 65.2 Å². The second-order valence-corrected chi connectivity index (χ2v) is 5.26. The lowest BCUT2D eigenvalue weighted by atomic mass is 10.1. The summed E-state index contributed by atoms with van der Waals surface area (Å²) in [6.45, 7) is 7.93. The van der Waals surface area contributed by atoms with E-state index in [1.807, 2.05) is 74.2 Å². The molecule has 0 saturated carbocycles. The minimum absolute atomic E-state index is 0.0661. The summed E-state index contributed by atoms with van der Waals surface area (Å²) in [5, 5.41) is 0. The topological polar surface area (TPSA) is 29.5 Å². The van der Waals surface area contributed by atoms with Crippen LogP contribution in [0.2, 0.25) is 0 Å². The number of nitrogens with zero attached hydrogens (tertiary/aromatic N) is 1. The van der Waals surface area contributed by atoms with Crippen molar-refractivity contribution in [3.8, 4) is 5.75 Å². The maximum Gasteiger partial charge on any atom is 0.254 e. The smallest absolute Gasteiger partial charge is 0.254 e. The van der Waals surface area contributed by atoms with Gasteiger partial charge in [0.05, 0.1) is 6.61 Å². The lowest BCUT2D eigenvalue weighted by Crippen LogP contribution is -2.30. The van der Waals surface area contributed by atoms with E-state index in [1.54, 1.807) is 0 Å². The fraction of sp³-hybridized carbons (Fsp3) is 0.316.